The summed E-state index contributed by atoms with van der Waals surface area (Å²) in [6.07, 6.45) is 4.95. The van der Waals surface area contributed by atoms with Crippen molar-refractivity contribution in [1.29, 1.82) is 0 Å². The lowest BCUT2D eigenvalue weighted by Gasteiger charge is -2.05. The molecular weight excluding hydrogens is 166 g/mol. The molecule has 0 aliphatic rings. The molecule has 13 heavy (non-hydrogen) atoms. The molecule has 0 aliphatic heterocycles. The molecule has 0 unspecified atom stereocenters. The van der Waals surface area contributed by atoms with Crippen LogP contribution in [0, 0.1) is 0 Å². The molecule has 3 heteroatoms. The van der Waals surface area contributed by atoms with E-state index in [-0.39, 0.29) is 5.91 Å². The van der Waals surface area contributed by atoms with Crippen molar-refractivity contribution in [2.75, 3.05) is 14.2 Å². The number of hydrogen-bond donors (Lipinski definition) is 1. The Balaban J connectivity index is 4.85. The van der Waals surface area contributed by atoms with Gasteiger partial charge in [0.1, 0.15) is 5.76 Å². The fourth-order valence-corrected chi connectivity index (χ4v) is 0.762. The minimum atomic E-state index is -0.169. The molecule has 0 heterocycles. The minimum absolute atomic E-state index is 0.169. The van der Waals surface area contributed by atoms with Crippen LogP contribution in [0.15, 0.2) is 36.1 Å². The number of hydrogen-bond acceptors (Lipinski definition) is 2. The van der Waals surface area contributed by atoms with Crippen LogP contribution in [0.3, 0.4) is 0 Å². The van der Waals surface area contributed by atoms with Crippen LogP contribution in [-0.4, -0.2) is 20.1 Å². The summed E-state index contributed by atoms with van der Waals surface area (Å²) >= 11 is 0. The second kappa shape index (κ2) is 6.06. The first kappa shape index (κ1) is 11.5. The van der Waals surface area contributed by atoms with Crippen molar-refractivity contribution in [3.8, 4) is 0 Å². The topological polar surface area (TPSA) is 38.3 Å². The molecular formula is C10H15NO2. The minimum Gasteiger partial charge on any atom is -0.501 e. The molecule has 0 saturated carbocycles. The molecule has 0 aromatic rings. The Bertz CT molecular complexity index is 252. The average Bonchev–Trinajstić information content (AvgIpc) is 2.17. The van der Waals surface area contributed by atoms with Crippen LogP contribution in [0.4, 0.5) is 0 Å². The van der Waals surface area contributed by atoms with Gasteiger partial charge in [-0.2, -0.15) is 0 Å². The lowest BCUT2D eigenvalue weighted by molar-refractivity contribution is -0.116. The zero-order valence-electron chi connectivity index (χ0n) is 8.26. The zero-order valence-corrected chi connectivity index (χ0v) is 8.26. The number of rotatable bonds is 4. The zero-order chi connectivity index (χ0) is 10.3. The molecule has 0 spiro atoms. The molecule has 0 radical (unpaired) electrons. The fourth-order valence-electron chi connectivity index (χ4n) is 0.762. The highest BCUT2D eigenvalue weighted by Crippen LogP contribution is 2.06. The Labute approximate surface area is 78.8 Å². The van der Waals surface area contributed by atoms with Gasteiger partial charge in [-0.15, -0.1) is 0 Å². The third kappa shape index (κ3) is 3.60. The number of carbonyl (C=O) groups excluding carboxylic acids is 1. The summed E-state index contributed by atoms with van der Waals surface area (Å²) in [6, 6.07) is 0. The van der Waals surface area contributed by atoms with Gasteiger partial charge in [-0.05, 0) is 13.0 Å². The Morgan fingerprint density at radius 2 is 2.15 bits per heavy atom. The highest BCUT2D eigenvalue weighted by Gasteiger charge is 2.07. The molecule has 1 amide bonds. The first-order chi connectivity index (χ1) is 6.17. The molecule has 72 valence electrons. The van der Waals surface area contributed by atoms with Crippen molar-refractivity contribution >= 4 is 5.91 Å². The summed E-state index contributed by atoms with van der Waals surface area (Å²) in [5.74, 6) is 0.412. The van der Waals surface area contributed by atoms with E-state index in [0.717, 1.165) is 0 Å². The van der Waals surface area contributed by atoms with E-state index >= 15 is 0 Å². The van der Waals surface area contributed by atoms with Gasteiger partial charge in [0, 0.05) is 7.05 Å². The van der Waals surface area contributed by atoms with Crippen LogP contribution in [-0.2, 0) is 9.53 Å². The monoisotopic (exact) mass is 181 g/mol. The standard InChI is InChI=1S/C10H15NO2/c1-5-6-7-9(8(2)13-4)10(12)11-3/h5-7H,1H2,2-4H3,(H,11,12)/b7-6-,9-8-. The first-order valence-corrected chi connectivity index (χ1v) is 3.93. The van der Waals surface area contributed by atoms with Gasteiger partial charge in [0.25, 0.3) is 5.91 Å². The van der Waals surface area contributed by atoms with E-state index in [1.807, 2.05) is 0 Å². The molecule has 1 N–H and O–H groups in total. The van der Waals surface area contributed by atoms with Gasteiger partial charge < -0.3 is 10.1 Å². The fraction of sp³-hybridized carbons (Fsp3) is 0.300. The van der Waals surface area contributed by atoms with Gasteiger partial charge in [-0.25, -0.2) is 0 Å². The lowest BCUT2D eigenvalue weighted by Crippen LogP contribution is -2.20. The molecule has 0 fully saturated rings. The number of allylic oxidation sites excluding steroid dienone is 3. The SMILES string of the molecule is C=C/C=C\C(C(=O)NC)=C(/C)OC. The Kier molecular flexibility index (Phi) is 5.35. The van der Waals surface area contributed by atoms with Crippen LogP contribution >= 0.6 is 0 Å². The number of amides is 1. The lowest BCUT2D eigenvalue weighted by atomic mass is 10.2. The smallest absolute Gasteiger partial charge is 0.254 e. The highest BCUT2D eigenvalue weighted by atomic mass is 16.5. The Morgan fingerprint density at radius 1 is 1.54 bits per heavy atom. The molecule has 3 nitrogen and oxygen atoms in total. The van der Waals surface area contributed by atoms with E-state index in [1.54, 1.807) is 32.2 Å². The van der Waals surface area contributed by atoms with Gasteiger partial charge in [-0.1, -0.05) is 18.7 Å². The van der Waals surface area contributed by atoms with Gasteiger partial charge in [-0.3, -0.25) is 4.79 Å². The van der Waals surface area contributed by atoms with Crippen molar-refractivity contribution in [2.45, 2.75) is 6.92 Å². The third-order valence-corrected chi connectivity index (χ3v) is 1.56. The van der Waals surface area contributed by atoms with Gasteiger partial charge >= 0.3 is 0 Å². The summed E-state index contributed by atoms with van der Waals surface area (Å²) < 4.78 is 4.97. The van der Waals surface area contributed by atoms with Gasteiger partial charge in [0.2, 0.25) is 0 Å². The molecule has 0 aliphatic carbocycles. The van der Waals surface area contributed by atoms with Crippen LogP contribution in [0.25, 0.3) is 0 Å². The van der Waals surface area contributed by atoms with E-state index in [9.17, 15) is 4.79 Å². The van der Waals surface area contributed by atoms with Crippen LogP contribution in [0.1, 0.15) is 6.92 Å². The number of carbonyl (C=O) groups is 1. The average molecular weight is 181 g/mol. The molecule has 0 atom stereocenters. The number of methoxy groups -OCH3 is 1. The Hall–Kier alpha value is -1.51. The quantitative estimate of drug-likeness (QED) is 0.404. The summed E-state index contributed by atoms with van der Waals surface area (Å²) in [6.45, 7) is 5.26. The largest absolute Gasteiger partial charge is 0.501 e. The maximum Gasteiger partial charge on any atom is 0.254 e. The predicted molar refractivity (Wildman–Crippen MR) is 53.1 cm³/mol. The normalized spacial score (nSPS) is 12.2. The maximum absolute atomic E-state index is 11.3. The summed E-state index contributed by atoms with van der Waals surface area (Å²) in [4.78, 5) is 11.3. The van der Waals surface area contributed by atoms with E-state index in [1.165, 1.54) is 7.11 Å². The molecule has 0 aromatic carbocycles. The first-order valence-electron chi connectivity index (χ1n) is 3.93. The van der Waals surface area contributed by atoms with E-state index in [4.69, 9.17) is 4.74 Å². The van der Waals surface area contributed by atoms with Crippen molar-refractivity contribution in [1.82, 2.24) is 5.32 Å². The van der Waals surface area contributed by atoms with E-state index in [2.05, 4.69) is 11.9 Å². The van der Waals surface area contributed by atoms with Crippen LogP contribution < -0.4 is 5.32 Å². The van der Waals surface area contributed by atoms with Crippen molar-refractivity contribution in [3.05, 3.63) is 36.1 Å². The molecule has 0 aromatic heterocycles. The third-order valence-electron chi connectivity index (χ3n) is 1.56. The number of likely N-dealkylation sites (N-methyl/N-ethyl adjacent to an activating group) is 1. The van der Waals surface area contributed by atoms with Crippen LogP contribution in [0.2, 0.25) is 0 Å². The highest BCUT2D eigenvalue weighted by molar-refractivity contribution is 5.96. The van der Waals surface area contributed by atoms with Crippen LogP contribution in [0.5, 0.6) is 0 Å². The van der Waals surface area contributed by atoms with Crippen molar-refractivity contribution in [2.24, 2.45) is 0 Å². The number of nitrogens with one attached hydrogen (secondary N) is 1. The van der Waals surface area contributed by atoms with Crippen molar-refractivity contribution in [3.63, 3.8) is 0 Å². The summed E-state index contributed by atoms with van der Waals surface area (Å²) in [5.41, 5.74) is 0.505. The van der Waals surface area contributed by atoms with E-state index < -0.39 is 0 Å². The second-order valence-electron chi connectivity index (χ2n) is 2.35. The summed E-state index contributed by atoms with van der Waals surface area (Å²) in [7, 11) is 3.10. The number of ether oxygens (including phenoxy) is 1. The van der Waals surface area contributed by atoms with Crippen molar-refractivity contribution < 1.29 is 9.53 Å². The second-order valence-corrected chi connectivity index (χ2v) is 2.35. The predicted octanol–water partition coefficient (Wildman–Crippen LogP) is 1.40. The van der Waals surface area contributed by atoms with Gasteiger partial charge in [0.15, 0.2) is 0 Å². The molecule has 0 saturated heterocycles. The summed E-state index contributed by atoms with van der Waals surface area (Å²) in [5, 5.41) is 2.53. The molecule has 0 bridgehead atoms. The Morgan fingerprint density at radius 3 is 2.54 bits per heavy atom. The molecule has 0 rings (SSSR count). The van der Waals surface area contributed by atoms with Gasteiger partial charge in [0.05, 0.1) is 12.7 Å². The van der Waals surface area contributed by atoms with E-state index in [0.29, 0.717) is 11.3 Å². The maximum atomic E-state index is 11.3.